The number of nitrogens with zero attached hydrogens (tertiary/aromatic N) is 2. The summed E-state index contributed by atoms with van der Waals surface area (Å²) in [5, 5.41) is 6.53. The SMILES string of the molecule is CN=C(NCCOc1ncccc1F)NC1CC2CCC1O2. The van der Waals surface area contributed by atoms with E-state index in [2.05, 4.69) is 20.6 Å². The van der Waals surface area contributed by atoms with Crippen LogP contribution in [0.4, 0.5) is 4.39 Å². The number of halogens is 1. The highest BCUT2D eigenvalue weighted by Gasteiger charge is 2.41. The van der Waals surface area contributed by atoms with Gasteiger partial charge in [0.2, 0.25) is 5.88 Å². The maximum absolute atomic E-state index is 13.3. The average molecular weight is 308 g/mol. The lowest BCUT2D eigenvalue weighted by Gasteiger charge is -2.22. The summed E-state index contributed by atoms with van der Waals surface area (Å²) in [6.07, 6.45) is 5.50. The molecule has 3 heterocycles. The van der Waals surface area contributed by atoms with Crippen LogP contribution in [0.15, 0.2) is 23.3 Å². The molecule has 6 nitrogen and oxygen atoms in total. The molecule has 2 aliphatic heterocycles. The Morgan fingerprint density at radius 2 is 2.45 bits per heavy atom. The van der Waals surface area contributed by atoms with Crippen molar-refractivity contribution in [3.63, 3.8) is 0 Å². The molecule has 2 fully saturated rings. The number of aromatic nitrogens is 1. The molecule has 2 N–H and O–H groups in total. The van der Waals surface area contributed by atoms with Gasteiger partial charge in [-0.15, -0.1) is 0 Å². The van der Waals surface area contributed by atoms with Gasteiger partial charge in [-0.2, -0.15) is 0 Å². The first-order valence-corrected chi connectivity index (χ1v) is 7.62. The number of fused-ring (bicyclic) bond motifs is 2. The van der Waals surface area contributed by atoms with Crippen molar-refractivity contribution in [1.82, 2.24) is 15.6 Å². The molecule has 3 rings (SSSR count). The number of hydrogen-bond acceptors (Lipinski definition) is 4. The van der Waals surface area contributed by atoms with Crippen LogP contribution in [0.3, 0.4) is 0 Å². The predicted molar refractivity (Wildman–Crippen MR) is 80.5 cm³/mol. The molecule has 0 spiro atoms. The van der Waals surface area contributed by atoms with Gasteiger partial charge in [0.1, 0.15) is 6.61 Å². The van der Waals surface area contributed by atoms with E-state index in [1.54, 1.807) is 7.05 Å². The molecule has 0 aliphatic carbocycles. The molecule has 0 aromatic carbocycles. The zero-order chi connectivity index (χ0) is 15.4. The molecule has 3 atom stereocenters. The summed E-state index contributed by atoms with van der Waals surface area (Å²) in [7, 11) is 1.72. The normalized spacial score (nSPS) is 27.0. The van der Waals surface area contributed by atoms with Crippen molar-refractivity contribution in [2.24, 2.45) is 4.99 Å². The number of pyridine rings is 1. The largest absolute Gasteiger partial charge is 0.474 e. The summed E-state index contributed by atoms with van der Waals surface area (Å²) in [6.45, 7) is 0.819. The highest BCUT2D eigenvalue weighted by molar-refractivity contribution is 5.80. The topological polar surface area (TPSA) is 67.8 Å². The van der Waals surface area contributed by atoms with Crippen LogP contribution in [-0.4, -0.2) is 49.4 Å². The Morgan fingerprint density at radius 1 is 1.55 bits per heavy atom. The fourth-order valence-electron chi connectivity index (χ4n) is 2.95. The van der Waals surface area contributed by atoms with Crippen molar-refractivity contribution in [2.75, 3.05) is 20.2 Å². The van der Waals surface area contributed by atoms with Crippen LogP contribution in [0.25, 0.3) is 0 Å². The maximum Gasteiger partial charge on any atom is 0.250 e. The Kier molecular flexibility index (Phi) is 4.72. The molecule has 2 saturated heterocycles. The second-order valence-electron chi connectivity index (χ2n) is 5.50. The number of guanidine groups is 1. The number of hydrogen-bond donors (Lipinski definition) is 2. The van der Waals surface area contributed by atoms with E-state index in [9.17, 15) is 4.39 Å². The lowest BCUT2D eigenvalue weighted by atomic mass is 9.96. The van der Waals surface area contributed by atoms with Crippen molar-refractivity contribution in [2.45, 2.75) is 37.5 Å². The average Bonchev–Trinajstić information content (AvgIpc) is 3.14. The Balaban J connectivity index is 1.39. The van der Waals surface area contributed by atoms with E-state index in [-0.39, 0.29) is 5.88 Å². The fourth-order valence-corrected chi connectivity index (χ4v) is 2.95. The Bertz CT molecular complexity index is 540. The summed E-state index contributed by atoms with van der Waals surface area (Å²) in [6, 6.07) is 3.17. The molecule has 0 radical (unpaired) electrons. The van der Waals surface area contributed by atoms with E-state index < -0.39 is 5.82 Å². The van der Waals surface area contributed by atoms with Crippen LogP contribution < -0.4 is 15.4 Å². The van der Waals surface area contributed by atoms with Gasteiger partial charge in [0.05, 0.1) is 24.8 Å². The molecule has 120 valence electrons. The van der Waals surface area contributed by atoms with Gasteiger partial charge in [-0.25, -0.2) is 9.37 Å². The molecule has 1 aromatic rings. The third-order valence-electron chi connectivity index (χ3n) is 4.01. The summed E-state index contributed by atoms with van der Waals surface area (Å²) < 4.78 is 24.4. The number of aliphatic imine (C=N–C) groups is 1. The number of ether oxygens (including phenoxy) is 2. The molecule has 22 heavy (non-hydrogen) atoms. The minimum Gasteiger partial charge on any atom is -0.474 e. The summed E-state index contributed by atoms with van der Waals surface area (Å²) in [5.74, 6) is 0.282. The van der Waals surface area contributed by atoms with E-state index >= 15 is 0 Å². The van der Waals surface area contributed by atoms with Crippen molar-refractivity contribution < 1.29 is 13.9 Å². The Morgan fingerprint density at radius 3 is 3.14 bits per heavy atom. The number of nitrogens with one attached hydrogen (secondary N) is 2. The lowest BCUT2D eigenvalue weighted by Crippen LogP contribution is -2.48. The van der Waals surface area contributed by atoms with Crippen LogP contribution >= 0.6 is 0 Å². The minimum absolute atomic E-state index is 0.0220. The van der Waals surface area contributed by atoms with E-state index in [1.807, 2.05) is 0 Å². The maximum atomic E-state index is 13.3. The van der Waals surface area contributed by atoms with Crippen LogP contribution in [0.5, 0.6) is 5.88 Å². The van der Waals surface area contributed by atoms with E-state index in [0.29, 0.717) is 37.4 Å². The fraction of sp³-hybridized carbons (Fsp3) is 0.600. The first-order chi connectivity index (χ1) is 10.8. The van der Waals surface area contributed by atoms with Crippen LogP contribution in [0.1, 0.15) is 19.3 Å². The molecule has 7 heteroatoms. The van der Waals surface area contributed by atoms with Gasteiger partial charge in [-0.3, -0.25) is 4.99 Å². The zero-order valence-electron chi connectivity index (χ0n) is 12.6. The molecule has 0 saturated carbocycles. The van der Waals surface area contributed by atoms with Gasteiger partial charge < -0.3 is 20.1 Å². The molecular formula is C15H21FN4O2. The first kappa shape index (κ1) is 15.0. The predicted octanol–water partition coefficient (Wildman–Crippen LogP) is 1.08. The Labute approximate surface area is 129 Å². The second-order valence-corrected chi connectivity index (χ2v) is 5.50. The summed E-state index contributed by atoms with van der Waals surface area (Å²) in [5.41, 5.74) is 0. The molecule has 2 aliphatic rings. The molecule has 0 amide bonds. The third kappa shape index (κ3) is 3.47. The zero-order valence-corrected chi connectivity index (χ0v) is 12.6. The van der Waals surface area contributed by atoms with Gasteiger partial charge in [0.15, 0.2) is 11.8 Å². The van der Waals surface area contributed by atoms with E-state index in [4.69, 9.17) is 9.47 Å². The summed E-state index contributed by atoms with van der Waals surface area (Å²) >= 11 is 0. The highest BCUT2D eigenvalue weighted by atomic mass is 19.1. The minimum atomic E-state index is -0.455. The monoisotopic (exact) mass is 308 g/mol. The standard InChI is InChI=1S/C15H21FN4O2/c1-17-15(20-12-9-10-4-5-13(12)22-10)19-7-8-21-14-11(16)3-2-6-18-14/h2-3,6,10,12-13H,4-5,7-9H2,1H3,(H2,17,19,20). The van der Waals surface area contributed by atoms with Gasteiger partial charge in [-0.05, 0) is 31.4 Å². The highest BCUT2D eigenvalue weighted by Crippen LogP contribution is 2.34. The molecular weight excluding hydrogens is 287 g/mol. The van der Waals surface area contributed by atoms with E-state index in [1.165, 1.54) is 24.8 Å². The first-order valence-electron chi connectivity index (χ1n) is 7.62. The smallest absolute Gasteiger partial charge is 0.250 e. The lowest BCUT2D eigenvalue weighted by molar-refractivity contribution is 0.0992. The third-order valence-corrected chi connectivity index (χ3v) is 4.01. The van der Waals surface area contributed by atoms with Crippen molar-refractivity contribution in [3.8, 4) is 5.88 Å². The van der Waals surface area contributed by atoms with E-state index in [0.717, 1.165) is 12.8 Å². The van der Waals surface area contributed by atoms with Crippen LogP contribution in [-0.2, 0) is 4.74 Å². The van der Waals surface area contributed by atoms with Gasteiger partial charge >= 0.3 is 0 Å². The van der Waals surface area contributed by atoms with Crippen molar-refractivity contribution in [1.29, 1.82) is 0 Å². The molecule has 2 bridgehead atoms. The van der Waals surface area contributed by atoms with Gasteiger partial charge in [0.25, 0.3) is 0 Å². The van der Waals surface area contributed by atoms with Crippen molar-refractivity contribution >= 4 is 5.96 Å². The quantitative estimate of drug-likeness (QED) is 0.484. The van der Waals surface area contributed by atoms with Crippen molar-refractivity contribution in [3.05, 3.63) is 24.1 Å². The molecule has 1 aromatic heterocycles. The van der Waals surface area contributed by atoms with Crippen LogP contribution in [0, 0.1) is 5.82 Å². The Hall–Kier alpha value is -1.89. The molecule has 3 unspecified atom stereocenters. The van der Waals surface area contributed by atoms with Gasteiger partial charge in [0, 0.05) is 13.2 Å². The van der Waals surface area contributed by atoms with Gasteiger partial charge in [-0.1, -0.05) is 0 Å². The summed E-state index contributed by atoms with van der Waals surface area (Å²) in [4.78, 5) is 8.03. The second kappa shape index (κ2) is 6.91. The van der Waals surface area contributed by atoms with Crippen LogP contribution in [0.2, 0.25) is 0 Å². The number of rotatable bonds is 5.